The molecular weight excluding hydrogens is 240 g/mol. The molecular formula is C12H17ClN2O2. The maximum absolute atomic E-state index is 9.15. The van der Waals surface area contributed by atoms with Crippen molar-refractivity contribution < 1.29 is 9.84 Å². The quantitative estimate of drug-likeness (QED) is 0.893. The van der Waals surface area contributed by atoms with Crippen molar-refractivity contribution in [1.29, 1.82) is 0 Å². The van der Waals surface area contributed by atoms with E-state index in [2.05, 4.69) is 4.98 Å². The first-order valence-corrected chi connectivity index (χ1v) is 6.16. The molecule has 0 aromatic carbocycles. The minimum atomic E-state index is -0.0673. The van der Waals surface area contributed by atoms with E-state index in [4.69, 9.17) is 21.4 Å². The summed E-state index contributed by atoms with van der Waals surface area (Å²) >= 11 is 5.91. The molecule has 1 fully saturated rings. The third-order valence-electron chi connectivity index (χ3n) is 2.98. The van der Waals surface area contributed by atoms with E-state index in [9.17, 15) is 0 Å². The van der Waals surface area contributed by atoms with Crippen molar-refractivity contribution in [1.82, 2.24) is 4.98 Å². The Hall–Kier alpha value is -0.840. The zero-order chi connectivity index (χ0) is 12.3. The zero-order valence-electron chi connectivity index (χ0n) is 9.90. The molecule has 1 aromatic rings. The van der Waals surface area contributed by atoms with Gasteiger partial charge >= 0.3 is 0 Å². The number of anilines is 1. The first-order valence-electron chi connectivity index (χ1n) is 5.78. The number of ether oxygens (including phenoxy) is 1. The predicted molar refractivity (Wildman–Crippen MR) is 67.4 cm³/mol. The summed E-state index contributed by atoms with van der Waals surface area (Å²) in [5.74, 6) is 0.814. The van der Waals surface area contributed by atoms with Crippen LogP contribution in [0.15, 0.2) is 12.3 Å². The molecule has 17 heavy (non-hydrogen) atoms. The Bertz CT molecular complexity index is 381. The molecule has 1 aliphatic rings. The molecule has 0 spiro atoms. The molecule has 94 valence electrons. The van der Waals surface area contributed by atoms with Crippen molar-refractivity contribution in [2.45, 2.75) is 25.6 Å². The van der Waals surface area contributed by atoms with Crippen LogP contribution in [0.5, 0.6) is 0 Å². The van der Waals surface area contributed by atoms with Gasteiger partial charge in [0.1, 0.15) is 5.82 Å². The lowest BCUT2D eigenvalue weighted by Crippen LogP contribution is -2.29. The number of likely N-dealkylation sites (N-methyl/N-ethyl adjacent to an activating group) is 1. The SMILES string of the molecule is CN(CC1CCCO1)c1cc(CO)c(Cl)cn1. The van der Waals surface area contributed by atoms with Crippen LogP contribution in [0.4, 0.5) is 5.82 Å². The van der Waals surface area contributed by atoms with Gasteiger partial charge in [-0.3, -0.25) is 0 Å². The first kappa shape index (κ1) is 12.6. The van der Waals surface area contributed by atoms with Crippen LogP contribution in [0.3, 0.4) is 0 Å². The Morgan fingerprint density at radius 1 is 1.65 bits per heavy atom. The second-order valence-corrected chi connectivity index (χ2v) is 4.71. The summed E-state index contributed by atoms with van der Waals surface area (Å²) in [5, 5.41) is 9.66. The Balaban J connectivity index is 2.04. The molecule has 0 bridgehead atoms. The minimum absolute atomic E-state index is 0.0673. The fourth-order valence-corrected chi connectivity index (χ4v) is 2.15. The normalized spacial score (nSPS) is 19.6. The summed E-state index contributed by atoms with van der Waals surface area (Å²) in [7, 11) is 1.97. The number of aliphatic hydroxyl groups is 1. The van der Waals surface area contributed by atoms with Gasteiger partial charge in [0.2, 0.25) is 0 Å². The molecule has 0 saturated carbocycles. The number of aliphatic hydroxyl groups excluding tert-OH is 1. The molecule has 1 unspecified atom stereocenters. The van der Waals surface area contributed by atoms with Crippen molar-refractivity contribution in [3.63, 3.8) is 0 Å². The van der Waals surface area contributed by atoms with Crippen LogP contribution in [0.25, 0.3) is 0 Å². The number of hydrogen-bond donors (Lipinski definition) is 1. The Morgan fingerprint density at radius 3 is 3.12 bits per heavy atom. The van der Waals surface area contributed by atoms with Gasteiger partial charge in [0, 0.05) is 32.0 Å². The summed E-state index contributed by atoms with van der Waals surface area (Å²) in [6.45, 7) is 1.61. The number of rotatable bonds is 4. The molecule has 2 rings (SSSR count). The Morgan fingerprint density at radius 2 is 2.47 bits per heavy atom. The number of pyridine rings is 1. The van der Waals surface area contributed by atoms with E-state index < -0.39 is 0 Å². The number of aromatic nitrogens is 1. The van der Waals surface area contributed by atoms with Crippen molar-refractivity contribution >= 4 is 17.4 Å². The van der Waals surface area contributed by atoms with Crippen LogP contribution in [0.2, 0.25) is 5.02 Å². The van der Waals surface area contributed by atoms with Crippen LogP contribution in [0.1, 0.15) is 18.4 Å². The maximum atomic E-state index is 9.15. The fourth-order valence-electron chi connectivity index (χ4n) is 1.98. The third kappa shape index (κ3) is 3.09. The largest absolute Gasteiger partial charge is 0.392 e. The van der Waals surface area contributed by atoms with Crippen molar-refractivity contribution in [3.05, 3.63) is 22.8 Å². The summed E-state index contributed by atoms with van der Waals surface area (Å²) < 4.78 is 5.58. The molecule has 1 atom stereocenters. The van der Waals surface area contributed by atoms with E-state index in [1.54, 1.807) is 6.20 Å². The van der Waals surface area contributed by atoms with Crippen LogP contribution in [-0.2, 0) is 11.3 Å². The number of halogens is 1. The lowest BCUT2D eigenvalue weighted by atomic mass is 10.2. The molecule has 0 radical (unpaired) electrons. The van der Waals surface area contributed by atoms with Gasteiger partial charge in [0.25, 0.3) is 0 Å². The highest BCUT2D eigenvalue weighted by atomic mass is 35.5. The monoisotopic (exact) mass is 256 g/mol. The second-order valence-electron chi connectivity index (χ2n) is 4.31. The average molecular weight is 257 g/mol. The highest BCUT2D eigenvalue weighted by Gasteiger charge is 2.18. The van der Waals surface area contributed by atoms with Crippen LogP contribution >= 0.6 is 11.6 Å². The summed E-state index contributed by atoms with van der Waals surface area (Å²) in [6, 6.07) is 1.82. The summed E-state index contributed by atoms with van der Waals surface area (Å²) in [5.41, 5.74) is 0.704. The van der Waals surface area contributed by atoms with Gasteiger partial charge in [0.15, 0.2) is 0 Å². The Labute approximate surface area is 106 Å². The highest BCUT2D eigenvalue weighted by molar-refractivity contribution is 6.31. The van der Waals surface area contributed by atoms with Crippen LogP contribution in [-0.4, -0.2) is 36.4 Å². The van der Waals surface area contributed by atoms with E-state index >= 15 is 0 Å². The minimum Gasteiger partial charge on any atom is -0.392 e. The van der Waals surface area contributed by atoms with Gasteiger partial charge in [-0.1, -0.05) is 11.6 Å². The van der Waals surface area contributed by atoms with E-state index in [0.717, 1.165) is 31.8 Å². The molecule has 1 saturated heterocycles. The van der Waals surface area contributed by atoms with E-state index in [0.29, 0.717) is 10.6 Å². The van der Waals surface area contributed by atoms with Crippen molar-refractivity contribution in [2.75, 3.05) is 25.1 Å². The molecule has 4 nitrogen and oxygen atoms in total. The molecule has 5 heteroatoms. The van der Waals surface area contributed by atoms with Crippen LogP contribution in [0, 0.1) is 0 Å². The first-order chi connectivity index (χ1) is 8.20. The highest BCUT2D eigenvalue weighted by Crippen LogP contribution is 2.21. The van der Waals surface area contributed by atoms with E-state index in [-0.39, 0.29) is 12.7 Å². The van der Waals surface area contributed by atoms with Crippen molar-refractivity contribution in [2.24, 2.45) is 0 Å². The second kappa shape index (κ2) is 5.67. The van der Waals surface area contributed by atoms with E-state index in [1.165, 1.54) is 0 Å². The Kier molecular flexibility index (Phi) is 4.20. The molecule has 1 aromatic heterocycles. The fraction of sp³-hybridized carbons (Fsp3) is 0.583. The van der Waals surface area contributed by atoms with Gasteiger partial charge in [-0.15, -0.1) is 0 Å². The summed E-state index contributed by atoms with van der Waals surface area (Å²) in [6.07, 6.45) is 4.10. The lowest BCUT2D eigenvalue weighted by molar-refractivity contribution is 0.116. The number of hydrogen-bond acceptors (Lipinski definition) is 4. The molecule has 2 heterocycles. The standard InChI is InChI=1S/C12H17ClN2O2/c1-15(7-10-3-2-4-17-10)12-5-9(8-16)11(13)6-14-12/h5-6,10,16H,2-4,7-8H2,1H3. The van der Waals surface area contributed by atoms with Gasteiger partial charge in [-0.25, -0.2) is 4.98 Å². The molecule has 1 N–H and O–H groups in total. The predicted octanol–water partition coefficient (Wildman–Crippen LogP) is 1.84. The lowest BCUT2D eigenvalue weighted by Gasteiger charge is -2.22. The van der Waals surface area contributed by atoms with Crippen molar-refractivity contribution in [3.8, 4) is 0 Å². The molecule has 0 amide bonds. The molecule has 0 aliphatic carbocycles. The van der Waals surface area contributed by atoms with Gasteiger partial charge in [-0.2, -0.15) is 0 Å². The smallest absolute Gasteiger partial charge is 0.128 e. The van der Waals surface area contributed by atoms with Gasteiger partial charge in [0.05, 0.1) is 17.7 Å². The topological polar surface area (TPSA) is 45.6 Å². The van der Waals surface area contributed by atoms with Crippen LogP contribution < -0.4 is 4.90 Å². The third-order valence-corrected chi connectivity index (χ3v) is 3.32. The number of nitrogens with zero attached hydrogens (tertiary/aromatic N) is 2. The molecule has 1 aliphatic heterocycles. The van der Waals surface area contributed by atoms with Gasteiger partial charge in [-0.05, 0) is 18.9 Å². The zero-order valence-corrected chi connectivity index (χ0v) is 10.7. The average Bonchev–Trinajstić information content (AvgIpc) is 2.82. The van der Waals surface area contributed by atoms with E-state index in [1.807, 2.05) is 18.0 Å². The summed E-state index contributed by atoms with van der Waals surface area (Å²) in [4.78, 5) is 6.29. The van der Waals surface area contributed by atoms with Gasteiger partial charge < -0.3 is 14.7 Å². The maximum Gasteiger partial charge on any atom is 0.128 e.